The molecule has 1 aliphatic carbocycles. The van der Waals surface area contributed by atoms with Crippen LogP contribution in [-0.4, -0.2) is 38.6 Å². The molecule has 0 radical (unpaired) electrons. The topological polar surface area (TPSA) is 91.2 Å². The number of fused-ring (bicyclic) bond motifs is 1. The number of aryl methyl sites for hydroxylation is 1. The molecule has 0 spiro atoms. The van der Waals surface area contributed by atoms with E-state index in [2.05, 4.69) is 27.9 Å². The molecular formula is C28H30ClN5O3. The Balaban J connectivity index is 1.73. The average Bonchev–Trinajstić information content (AvgIpc) is 3.68. The summed E-state index contributed by atoms with van der Waals surface area (Å²) >= 11 is 6.16. The minimum Gasteiger partial charge on any atom is -0.493 e. The van der Waals surface area contributed by atoms with Crippen molar-refractivity contribution < 1.29 is 14.3 Å². The van der Waals surface area contributed by atoms with Crippen molar-refractivity contribution in [2.75, 3.05) is 11.9 Å². The van der Waals surface area contributed by atoms with E-state index in [1.165, 1.54) is 12.8 Å². The van der Waals surface area contributed by atoms with Gasteiger partial charge in [0.15, 0.2) is 23.9 Å². The summed E-state index contributed by atoms with van der Waals surface area (Å²) in [6, 6.07) is 14.1. The zero-order chi connectivity index (χ0) is 25.9. The molecule has 9 heteroatoms. The molecule has 37 heavy (non-hydrogen) atoms. The van der Waals surface area contributed by atoms with Gasteiger partial charge in [-0.15, -0.1) is 0 Å². The van der Waals surface area contributed by atoms with Crippen LogP contribution < -0.4 is 10.1 Å². The van der Waals surface area contributed by atoms with Crippen LogP contribution in [0.4, 0.5) is 5.82 Å². The molecule has 0 aliphatic heterocycles. The lowest BCUT2D eigenvalue weighted by molar-refractivity contribution is -0.130. The molecule has 0 unspecified atom stereocenters. The van der Waals surface area contributed by atoms with Gasteiger partial charge in [-0.3, -0.25) is 4.79 Å². The number of ether oxygens (including phenoxy) is 2. The number of carbonyl (C=O) groups is 1. The first-order chi connectivity index (χ1) is 18.0. The predicted octanol–water partition coefficient (Wildman–Crippen LogP) is 5.79. The number of halogens is 1. The monoisotopic (exact) mass is 519 g/mol. The third-order valence-electron chi connectivity index (χ3n) is 6.55. The molecule has 2 aromatic carbocycles. The third-order valence-corrected chi connectivity index (χ3v) is 6.81. The van der Waals surface area contributed by atoms with Crippen molar-refractivity contribution in [3.63, 3.8) is 0 Å². The summed E-state index contributed by atoms with van der Waals surface area (Å²) in [6.45, 7) is 7.62. The number of aromatic nitrogens is 4. The lowest BCUT2D eigenvalue weighted by Crippen LogP contribution is -2.20. The molecule has 1 fully saturated rings. The lowest BCUT2D eigenvalue weighted by atomic mass is 10.1. The van der Waals surface area contributed by atoms with Crippen molar-refractivity contribution in [3.05, 3.63) is 64.4 Å². The highest BCUT2D eigenvalue weighted by Gasteiger charge is 2.30. The Morgan fingerprint density at radius 2 is 1.95 bits per heavy atom. The van der Waals surface area contributed by atoms with Crippen molar-refractivity contribution in [1.29, 1.82) is 0 Å². The van der Waals surface area contributed by atoms with Gasteiger partial charge in [0.05, 0.1) is 12.2 Å². The van der Waals surface area contributed by atoms with Crippen molar-refractivity contribution in [1.82, 2.24) is 19.5 Å². The fourth-order valence-electron chi connectivity index (χ4n) is 4.52. The van der Waals surface area contributed by atoms with Crippen LogP contribution in [0.1, 0.15) is 43.6 Å². The second kappa shape index (κ2) is 10.8. The number of imidazole rings is 1. The largest absolute Gasteiger partial charge is 0.493 e. The van der Waals surface area contributed by atoms with Gasteiger partial charge in [-0.05, 0) is 69.4 Å². The molecule has 1 saturated carbocycles. The Morgan fingerprint density at radius 3 is 2.65 bits per heavy atom. The number of carbonyl (C=O) groups excluding carboxylic acids is 1. The first-order valence-electron chi connectivity index (χ1n) is 12.5. The Kier molecular flexibility index (Phi) is 7.28. The number of anilines is 1. The van der Waals surface area contributed by atoms with Crippen molar-refractivity contribution >= 4 is 35.1 Å². The van der Waals surface area contributed by atoms with Gasteiger partial charge in [0.25, 0.3) is 6.47 Å². The van der Waals surface area contributed by atoms with E-state index < -0.39 is 0 Å². The molecule has 8 nitrogen and oxygen atoms in total. The Morgan fingerprint density at radius 1 is 1.16 bits per heavy atom. The number of nitrogens with one attached hydrogen (secondary N) is 1. The summed E-state index contributed by atoms with van der Waals surface area (Å²) in [7, 11) is 0. The van der Waals surface area contributed by atoms with Crippen molar-refractivity contribution in [2.24, 2.45) is 5.92 Å². The van der Waals surface area contributed by atoms with Crippen LogP contribution in [0, 0.1) is 12.8 Å². The zero-order valence-electron chi connectivity index (χ0n) is 21.2. The summed E-state index contributed by atoms with van der Waals surface area (Å²) in [6.07, 6.45) is 2.39. The molecule has 192 valence electrons. The van der Waals surface area contributed by atoms with Crippen LogP contribution >= 0.6 is 11.6 Å². The number of benzene rings is 2. The zero-order valence-corrected chi connectivity index (χ0v) is 22.0. The number of hydrogen-bond acceptors (Lipinski definition) is 7. The number of hydrogen-bond donors (Lipinski definition) is 1. The molecule has 0 bridgehead atoms. The van der Waals surface area contributed by atoms with E-state index in [1.54, 1.807) is 0 Å². The second-order valence-electron chi connectivity index (χ2n) is 9.42. The Bertz CT molecular complexity index is 1420. The smallest absolute Gasteiger partial charge is 0.293 e. The molecule has 2 heterocycles. The minimum absolute atomic E-state index is 0.0278. The van der Waals surface area contributed by atoms with Gasteiger partial charge in [0.2, 0.25) is 0 Å². The van der Waals surface area contributed by atoms with E-state index in [-0.39, 0.29) is 12.6 Å². The quantitative estimate of drug-likeness (QED) is 0.251. The fraction of sp³-hybridized carbons (Fsp3) is 0.357. The Labute approximate surface area is 221 Å². The highest BCUT2D eigenvalue weighted by Crippen LogP contribution is 2.37. The first kappa shape index (κ1) is 25.0. The van der Waals surface area contributed by atoms with E-state index in [4.69, 9.17) is 31.0 Å². The molecule has 1 atom stereocenters. The molecule has 1 aliphatic rings. The number of rotatable bonds is 11. The molecule has 5 rings (SSSR count). The first-order valence-corrected chi connectivity index (χ1v) is 12.9. The SMILES string of the molecule is CCOc1ccc(C)cc1-c1nc2nc(COC=O)nc(N[C@H](C)C3CC3)c2n1Cc1ccc(Cl)cc1. The van der Waals surface area contributed by atoms with Gasteiger partial charge >= 0.3 is 0 Å². The van der Waals surface area contributed by atoms with Crippen LogP contribution in [0.15, 0.2) is 42.5 Å². The minimum atomic E-state index is -0.0278. The molecule has 0 saturated heterocycles. The van der Waals surface area contributed by atoms with Gasteiger partial charge in [0, 0.05) is 17.6 Å². The van der Waals surface area contributed by atoms with E-state index in [0.29, 0.717) is 47.9 Å². The lowest BCUT2D eigenvalue weighted by Gasteiger charge is -2.18. The summed E-state index contributed by atoms with van der Waals surface area (Å²) in [4.78, 5) is 25.3. The molecule has 4 aromatic rings. The molecule has 1 N–H and O–H groups in total. The highest BCUT2D eigenvalue weighted by atomic mass is 35.5. The average molecular weight is 520 g/mol. The van der Waals surface area contributed by atoms with Gasteiger partial charge in [-0.1, -0.05) is 35.4 Å². The van der Waals surface area contributed by atoms with Crippen molar-refractivity contribution in [2.45, 2.75) is 52.8 Å². The standard InChI is InChI=1S/C28H30ClN5O3/c1-4-37-23-12-5-17(2)13-22(23)28-33-27-25(34(28)14-19-6-10-21(29)11-7-19)26(30-18(3)20-8-9-20)31-24(32-27)15-36-16-35/h5-7,10-13,16,18,20H,4,8-9,14-15H2,1-3H3,(H,30,31,32)/t18-/m1/s1. The maximum absolute atomic E-state index is 10.9. The van der Waals surface area contributed by atoms with Gasteiger partial charge in [-0.25, -0.2) is 15.0 Å². The van der Waals surface area contributed by atoms with E-state index in [1.807, 2.05) is 50.2 Å². The number of nitrogens with zero attached hydrogens (tertiary/aromatic N) is 4. The van der Waals surface area contributed by atoms with Crippen LogP contribution in [0.2, 0.25) is 5.02 Å². The van der Waals surface area contributed by atoms with Crippen LogP contribution in [0.25, 0.3) is 22.6 Å². The maximum Gasteiger partial charge on any atom is 0.293 e. The predicted molar refractivity (Wildman–Crippen MR) is 144 cm³/mol. The summed E-state index contributed by atoms with van der Waals surface area (Å²) in [5, 5.41) is 4.29. The second-order valence-corrected chi connectivity index (χ2v) is 9.86. The molecule has 2 aromatic heterocycles. The summed E-state index contributed by atoms with van der Waals surface area (Å²) in [5.74, 6) is 3.14. The van der Waals surface area contributed by atoms with E-state index >= 15 is 0 Å². The molecule has 0 amide bonds. The molecular weight excluding hydrogens is 490 g/mol. The van der Waals surface area contributed by atoms with Gasteiger partial charge in [0.1, 0.15) is 17.1 Å². The normalized spacial score (nSPS) is 13.9. The summed E-state index contributed by atoms with van der Waals surface area (Å²) in [5.41, 5.74) is 4.34. The van der Waals surface area contributed by atoms with Crippen LogP contribution in [0.3, 0.4) is 0 Å². The van der Waals surface area contributed by atoms with E-state index in [0.717, 1.165) is 33.8 Å². The van der Waals surface area contributed by atoms with E-state index in [9.17, 15) is 4.79 Å². The van der Waals surface area contributed by atoms with Gasteiger partial charge < -0.3 is 19.4 Å². The Hall–Kier alpha value is -3.65. The van der Waals surface area contributed by atoms with Crippen molar-refractivity contribution in [3.8, 4) is 17.1 Å². The summed E-state index contributed by atoms with van der Waals surface area (Å²) < 4.78 is 13.1. The van der Waals surface area contributed by atoms with Gasteiger partial charge in [-0.2, -0.15) is 0 Å². The highest BCUT2D eigenvalue weighted by molar-refractivity contribution is 6.30. The third kappa shape index (κ3) is 5.54. The maximum atomic E-state index is 10.9. The van der Waals surface area contributed by atoms with Crippen LogP contribution in [0.5, 0.6) is 5.75 Å². The fourth-order valence-corrected chi connectivity index (χ4v) is 4.64. The van der Waals surface area contributed by atoms with Crippen LogP contribution in [-0.2, 0) is 22.7 Å².